The zero-order valence-corrected chi connectivity index (χ0v) is 11.8. The number of nitrogens with zero attached hydrogens (tertiary/aromatic N) is 1. The molecule has 0 saturated carbocycles. The van der Waals surface area contributed by atoms with Crippen LogP contribution in [0, 0.1) is 0 Å². The minimum atomic E-state index is -1.06. The topological polar surface area (TPSA) is 62.2 Å². The molecule has 4 nitrogen and oxygen atoms in total. The lowest BCUT2D eigenvalue weighted by molar-refractivity contribution is 0.0697. The Morgan fingerprint density at radius 3 is 2.70 bits per heavy atom. The number of nitrogens with one attached hydrogen (secondary N) is 1. The first-order valence-corrected chi connectivity index (χ1v) is 6.70. The standard InChI is InChI=1S/C15H15ClN2O2/c1-2-13(10-6-4-3-5-7-10)18-14-8-11(15(19)20)12(16)9-17-14/h3-9,13H,2H2,1H3,(H,17,18)(H,19,20). The lowest BCUT2D eigenvalue weighted by Gasteiger charge is -2.18. The van der Waals surface area contributed by atoms with E-state index in [0.717, 1.165) is 12.0 Å². The highest BCUT2D eigenvalue weighted by molar-refractivity contribution is 6.33. The third kappa shape index (κ3) is 3.27. The van der Waals surface area contributed by atoms with Gasteiger partial charge < -0.3 is 10.4 Å². The normalized spacial score (nSPS) is 11.9. The summed E-state index contributed by atoms with van der Waals surface area (Å²) in [6.07, 6.45) is 2.21. The van der Waals surface area contributed by atoms with Gasteiger partial charge in [0.1, 0.15) is 5.82 Å². The van der Waals surface area contributed by atoms with Crippen LogP contribution in [-0.4, -0.2) is 16.1 Å². The molecule has 0 amide bonds. The molecule has 0 aliphatic rings. The minimum absolute atomic E-state index is 0.0482. The SMILES string of the molecule is CCC(Nc1cc(C(=O)O)c(Cl)cn1)c1ccccc1. The van der Waals surface area contributed by atoms with Crippen LogP contribution in [-0.2, 0) is 0 Å². The fourth-order valence-electron chi connectivity index (χ4n) is 1.97. The molecule has 0 aliphatic carbocycles. The maximum absolute atomic E-state index is 11.1. The van der Waals surface area contributed by atoms with Crippen LogP contribution in [0.15, 0.2) is 42.6 Å². The fourth-order valence-corrected chi connectivity index (χ4v) is 2.15. The van der Waals surface area contributed by atoms with Gasteiger partial charge in [-0.3, -0.25) is 0 Å². The molecule has 20 heavy (non-hydrogen) atoms. The van der Waals surface area contributed by atoms with E-state index in [1.807, 2.05) is 30.3 Å². The summed E-state index contributed by atoms with van der Waals surface area (Å²) in [6.45, 7) is 2.05. The Bertz CT molecular complexity index is 602. The second kappa shape index (κ2) is 6.39. The van der Waals surface area contributed by atoms with Gasteiger partial charge in [0, 0.05) is 6.20 Å². The zero-order valence-electron chi connectivity index (χ0n) is 11.0. The lowest BCUT2D eigenvalue weighted by atomic mass is 10.0. The van der Waals surface area contributed by atoms with Crippen molar-refractivity contribution in [3.8, 4) is 0 Å². The Morgan fingerprint density at radius 2 is 2.10 bits per heavy atom. The van der Waals surface area contributed by atoms with Crippen molar-refractivity contribution < 1.29 is 9.90 Å². The number of benzene rings is 1. The van der Waals surface area contributed by atoms with Gasteiger partial charge in [-0.25, -0.2) is 9.78 Å². The van der Waals surface area contributed by atoms with E-state index in [1.54, 1.807) is 0 Å². The molecule has 0 fully saturated rings. The Labute approximate surface area is 122 Å². The van der Waals surface area contributed by atoms with E-state index < -0.39 is 5.97 Å². The first-order valence-electron chi connectivity index (χ1n) is 6.32. The van der Waals surface area contributed by atoms with Gasteiger partial charge >= 0.3 is 5.97 Å². The van der Waals surface area contributed by atoms with Gasteiger partial charge in [-0.2, -0.15) is 0 Å². The van der Waals surface area contributed by atoms with Gasteiger partial charge in [-0.1, -0.05) is 48.9 Å². The van der Waals surface area contributed by atoms with Crippen LogP contribution < -0.4 is 5.32 Å². The summed E-state index contributed by atoms with van der Waals surface area (Å²) in [4.78, 5) is 15.2. The maximum atomic E-state index is 11.1. The summed E-state index contributed by atoms with van der Waals surface area (Å²) < 4.78 is 0. The van der Waals surface area contributed by atoms with Crippen molar-refractivity contribution >= 4 is 23.4 Å². The summed E-state index contributed by atoms with van der Waals surface area (Å²) in [5, 5.41) is 12.4. The van der Waals surface area contributed by atoms with E-state index in [-0.39, 0.29) is 16.6 Å². The minimum Gasteiger partial charge on any atom is -0.478 e. The van der Waals surface area contributed by atoms with Crippen molar-refractivity contribution in [1.29, 1.82) is 0 Å². The summed E-state index contributed by atoms with van der Waals surface area (Å²) in [5.41, 5.74) is 1.18. The summed E-state index contributed by atoms with van der Waals surface area (Å²) in [6, 6.07) is 11.5. The van der Waals surface area contributed by atoms with E-state index in [1.165, 1.54) is 12.3 Å². The zero-order chi connectivity index (χ0) is 14.5. The van der Waals surface area contributed by atoms with Crippen LogP contribution in [0.5, 0.6) is 0 Å². The summed E-state index contributed by atoms with van der Waals surface area (Å²) >= 11 is 5.81. The van der Waals surface area contributed by atoms with Gasteiger partial charge in [0.25, 0.3) is 0 Å². The number of aromatic nitrogens is 1. The highest BCUT2D eigenvalue weighted by Gasteiger charge is 2.13. The molecule has 1 unspecified atom stereocenters. The molecule has 0 spiro atoms. The highest BCUT2D eigenvalue weighted by Crippen LogP contribution is 2.24. The third-order valence-electron chi connectivity index (χ3n) is 3.02. The Hall–Kier alpha value is -2.07. The van der Waals surface area contributed by atoms with Crippen molar-refractivity contribution in [2.24, 2.45) is 0 Å². The van der Waals surface area contributed by atoms with Gasteiger partial charge in [0.05, 0.1) is 16.6 Å². The third-order valence-corrected chi connectivity index (χ3v) is 3.32. The van der Waals surface area contributed by atoms with Crippen LogP contribution in [0.1, 0.15) is 35.3 Å². The summed E-state index contributed by atoms with van der Waals surface area (Å²) in [5.74, 6) is -0.560. The molecule has 0 radical (unpaired) electrons. The Kier molecular flexibility index (Phi) is 4.58. The number of pyridine rings is 1. The molecule has 2 aromatic rings. The number of carbonyl (C=O) groups is 1. The monoisotopic (exact) mass is 290 g/mol. The number of aromatic carboxylic acids is 1. The van der Waals surface area contributed by atoms with Gasteiger partial charge in [-0.15, -0.1) is 0 Å². The van der Waals surface area contributed by atoms with Crippen molar-refractivity contribution in [3.63, 3.8) is 0 Å². The molecule has 1 aromatic heterocycles. The average molecular weight is 291 g/mol. The molecular weight excluding hydrogens is 276 g/mol. The first-order chi connectivity index (χ1) is 9.61. The van der Waals surface area contributed by atoms with Crippen molar-refractivity contribution in [1.82, 2.24) is 4.98 Å². The largest absolute Gasteiger partial charge is 0.478 e. The van der Waals surface area contributed by atoms with E-state index in [4.69, 9.17) is 16.7 Å². The van der Waals surface area contributed by atoms with E-state index in [0.29, 0.717) is 5.82 Å². The number of halogens is 1. The fraction of sp³-hybridized carbons (Fsp3) is 0.200. The van der Waals surface area contributed by atoms with Crippen LogP contribution in [0.4, 0.5) is 5.82 Å². The van der Waals surface area contributed by atoms with Gasteiger partial charge in [0.2, 0.25) is 0 Å². The molecule has 0 saturated heterocycles. The summed E-state index contributed by atoms with van der Waals surface area (Å²) in [7, 11) is 0. The molecule has 104 valence electrons. The molecule has 2 N–H and O–H groups in total. The predicted octanol–water partition coefficient (Wildman–Crippen LogP) is 4.00. The molecular formula is C15H15ClN2O2. The molecule has 1 heterocycles. The molecule has 1 aromatic carbocycles. The smallest absolute Gasteiger partial charge is 0.337 e. The average Bonchev–Trinajstić information content (AvgIpc) is 2.47. The van der Waals surface area contributed by atoms with Crippen molar-refractivity contribution in [2.75, 3.05) is 5.32 Å². The van der Waals surface area contributed by atoms with Gasteiger partial charge in [-0.05, 0) is 18.1 Å². The number of carboxylic acid groups (broad SMARTS) is 1. The number of anilines is 1. The molecule has 2 rings (SSSR count). The van der Waals surface area contributed by atoms with Crippen LogP contribution in [0.2, 0.25) is 5.02 Å². The van der Waals surface area contributed by atoms with Crippen molar-refractivity contribution in [3.05, 3.63) is 58.7 Å². The van der Waals surface area contributed by atoms with Crippen LogP contribution in [0.25, 0.3) is 0 Å². The highest BCUT2D eigenvalue weighted by atomic mass is 35.5. The molecule has 1 atom stereocenters. The second-order valence-corrected chi connectivity index (χ2v) is 4.78. The molecule has 0 aliphatic heterocycles. The molecule has 0 bridgehead atoms. The van der Waals surface area contributed by atoms with Gasteiger partial charge in [0.15, 0.2) is 0 Å². The maximum Gasteiger partial charge on any atom is 0.337 e. The van der Waals surface area contributed by atoms with Crippen LogP contribution in [0.3, 0.4) is 0 Å². The first kappa shape index (κ1) is 14.3. The lowest BCUT2D eigenvalue weighted by Crippen LogP contribution is -2.11. The Balaban J connectivity index is 2.24. The van der Waals surface area contributed by atoms with Crippen LogP contribution >= 0.6 is 11.6 Å². The number of carboxylic acids is 1. The predicted molar refractivity (Wildman–Crippen MR) is 79.3 cm³/mol. The number of rotatable bonds is 5. The molecule has 5 heteroatoms. The van der Waals surface area contributed by atoms with E-state index >= 15 is 0 Å². The van der Waals surface area contributed by atoms with E-state index in [2.05, 4.69) is 17.2 Å². The number of hydrogen-bond donors (Lipinski definition) is 2. The Morgan fingerprint density at radius 1 is 1.40 bits per heavy atom. The second-order valence-electron chi connectivity index (χ2n) is 4.37. The van der Waals surface area contributed by atoms with Crippen molar-refractivity contribution in [2.45, 2.75) is 19.4 Å². The number of hydrogen-bond acceptors (Lipinski definition) is 3. The van der Waals surface area contributed by atoms with E-state index in [9.17, 15) is 4.79 Å². The quantitative estimate of drug-likeness (QED) is 0.874.